The second kappa shape index (κ2) is 7.63. The van der Waals surface area contributed by atoms with E-state index >= 15 is 0 Å². The highest BCUT2D eigenvalue weighted by molar-refractivity contribution is 6.47. The molecule has 4 rings (SSSR count). The average molecular weight is 399 g/mol. The quantitative estimate of drug-likeness (QED) is 0.229. The Labute approximate surface area is 171 Å². The van der Waals surface area contributed by atoms with E-state index in [2.05, 4.69) is 5.32 Å². The fourth-order valence-electron chi connectivity index (χ4n) is 3.44. The van der Waals surface area contributed by atoms with Crippen molar-refractivity contribution in [1.29, 1.82) is 0 Å². The predicted molar refractivity (Wildman–Crippen MR) is 114 cm³/mol. The maximum Gasteiger partial charge on any atom is 0.298 e. The van der Waals surface area contributed by atoms with Crippen LogP contribution in [-0.4, -0.2) is 21.0 Å². The first-order valence-corrected chi connectivity index (χ1v) is 9.22. The van der Waals surface area contributed by atoms with E-state index in [9.17, 15) is 19.7 Å². The molecular formula is C23H17N3O4. The Kier molecular flexibility index (Phi) is 4.85. The van der Waals surface area contributed by atoms with Crippen molar-refractivity contribution in [3.05, 3.63) is 100 Å². The van der Waals surface area contributed by atoms with Crippen molar-refractivity contribution in [3.63, 3.8) is 0 Å². The molecule has 0 saturated heterocycles. The van der Waals surface area contributed by atoms with Gasteiger partial charge in [-0.05, 0) is 36.8 Å². The smallest absolute Gasteiger partial charge is 0.298 e. The molecule has 2 heterocycles. The van der Waals surface area contributed by atoms with Gasteiger partial charge in [-0.2, -0.15) is 0 Å². The Morgan fingerprint density at radius 3 is 2.43 bits per heavy atom. The fraction of sp³-hybridized carbons (Fsp3) is 0.0435. The number of nitrogens with one attached hydrogen (secondary N) is 1. The Morgan fingerprint density at radius 2 is 1.70 bits per heavy atom. The number of fused-ring (bicyclic) bond motifs is 1. The van der Waals surface area contributed by atoms with E-state index in [-0.39, 0.29) is 22.6 Å². The topological polar surface area (TPSA) is 93.7 Å². The first-order valence-electron chi connectivity index (χ1n) is 9.22. The average Bonchev–Trinajstić information content (AvgIpc) is 3.14. The minimum Gasteiger partial charge on any atom is -0.319 e. The highest BCUT2D eigenvalue weighted by atomic mass is 16.6. The van der Waals surface area contributed by atoms with Crippen LogP contribution in [-0.2, 0) is 4.79 Å². The first kappa shape index (κ1) is 19.1. The van der Waals surface area contributed by atoms with Crippen LogP contribution in [0.15, 0.2) is 79.0 Å². The van der Waals surface area contributed by atoms with Gasteiger partial charge in [0.2, 0.25) is 0 Å². The Balaban J connectivity index is 1.76. The van der Waals surface area contributed by atoms with E-state index in [1.807, 2.05) is 48.5 Å². The van der Waals surface area contributed by atoms with Crippen LogP contribution in [0, 0.1) is 17.0 Å². The van der Waals surface area contributed by atoms with Crippen molar-refractivity contribution in [1.82, 2.24) is 4.40 Å². The van der Waals surface area contributed by atoms with Gasteiger partial charge < -0.3 is 9.72 Å². The molecule has 4 aromatic rings. The van der Waals surface area contributed by atoms with Gasteiger partial charge in [0, 0.05) is 23.3 Å². The molecule has 0 spiro atoms. The van der Waals surface area contributed by atoms with Crippen LogP contribution in [0.4, 0.5) is 11.4 Å². The standard InChI is InChI=1S/C23H17N3O4/c1-15-19(11-7-12-20(15)26(29)30)24-23(28)22(27)21-18(16-8-3-2-4-9-16)14-17-10-5-6-13-25(17)21/h2-14H,1H3,(H,24,28). The van der Waals surface area contributed by atoms with Crippen molar-refractivity contribution >= 4 is 28.6 Å². The van der Waals surface area contributed by atoms with Crippen molar-refractivity contribution in [2.24, 2.45) is 0 Å². The maximum atomic E-state index is 13.2. The summed E-state index contributed by atoms with van der Waals surface area (Å²) in [5.74, 6) is -1.59. The Hall–Kier alpha value is -4.26. The molecule has 7 nitrogen and oxygen atoms in total. The molecule has 1 amide bonds. The van der Waals surface area contributed by atoms with Gasteiger partial charge in [-0.3, -0.25) is 19.7 Å². The highest BCUT2D eigenvalue weighted by Gasteiger charge is 2.26. The Bertz CT molecular complexity index is 1290. The van der Waals surface area contributed by atoms with Gasteiger partial charge in [0.05, 0.1) is 16.2 Å². The zero-order valence-corrected chi connectivity index (χ0v) is 16.0. The molecule has 0 bridgehead atoms. The molecular weight excluding hydrogens is 382 g/mol. The number of anilines is 1. The van der Waals surface area contributed by atoms with Crippen molar-refractivity contribution in [2.45, 2.75) is 6.92 Å². The lowest BCUT2D eigenvalue weighted by Gasteiger charge is -2.09. The van der Waals surface area contributed by atoms with E-state index in [0.29, 0.717) is 5.56 Å². The molecule has 2 aromatic carbocycles. The summed E-state index contributed by atoms with van der Waals surface area (Å²) in [7, 11) is 0. The summed E-state index contributed by atoms with van der Waals surface area (Å²) in [5, 5.41) is 13.7. The molecule has 1 N–H and O–H groups in total. The number of benzene rings is 2. The van der Waals surface area contributed by atoms with Gasteiger partial charge in [0.25, 0.3) is 17.4 Å². The summed E-state index contributed by atoms with van der Waals surface area (Å²) in [4.78, 5) is 36.6. The number of carbonyl (C=O) groups excluding carboxylic acids is 2. The summed E-state index contributed by atoms with van der Waals surface area (Å²) in [6.45, 7) is 1.53. The SMILES string of the molecule is Cc1c(NC(=O)C(=O)c2c(-c3ccccc3)cc3ccccn23)cccc1[N+](=O)[O-]. The Morgan fingerprint density at radius 1 is 0.967 bits per heavy atom. The van der Waals surface area contributed by atoms with Crippen molar-refractivity contribution in [2.75, 3.05) is 5.32 Å². The fourth-order valence-corrected chi connectivity index (χ4v) is 3.44. The monoisotopic (exact) mass is 399 g/mol. The van der Waals surface area contributed by atoms with Crippen LogP contribution in [0.5, 0.6) is 0 Å². The largest absolute Gasteiger partial charge is 0.319 e. The van der Waals surface area contributed by atoms with Gasteiger partial charge in [0.1, 0.15) is 5.69 Å². The molecule has 0 saturated carbocycles. The molecule has 0 unspecified atom stereocenters. The van der Waals surface area contributed by atoms with Gasteiger partial charge in [-0.1, -0.05) is 42.5 Å². The summed E-state index contributed by atoms with van der Waals surface area (Å²) >= 11 is 0. The molecule has 30 heavy (non-hydrogen) atoms. The number of carbonyl (C=O) groups is 2. The van der Waals surface area contributed by atoms with Gasteiger partial charge in [-0.25, -0.2) is 0 Å². The van der Waals surface area contributed by atoms with E-state index in [1.165, 1.54) is 25.1 Å². The highest BCUT2D eigenvalue weighted by Crippen LogP contribution is 2.29. The van der Waals surface area contributed by atoms with Crippen LogP contribution in [0.2, 0.25) is 0 Å². The zero-order chi connectivity index (χ0) is 21.3. The second-order valence-corrected chi connectivity index (χ2v) is 6.76. The molecule has 0 aliphatic carbocycles. The number of Topliss-reactive ketones (excluding diaryl/α,β-unsaturated/α-hetero) is 1. The lowest BCUT2D eigenvalue weighted by Crippen LogP contribution is -2.25. The van der Waals surface area contributed by atoms with Crippen molar-refractivity contribution < 1.29 is 14.5 Å². The van der Waals surface area contributed by atoms with E-state index in [1.54, 1.807) is 16.7 Å². The normalized spacial score (nSPS) is 10.7. The number of aromatic nitrogens is 1. The van der Waals surface area contributed by atoms with Gasteiger partial charge >= 0.3 is 0 Å². The predicted octanol–water partition coefficient (Wildman–Crippen LogP) is 4.64. The molecule has 0 aliphatic heterocycles. The molecule has 148 valence electrons. The number of nitrogens with zero attached hydrogens (tertiary/aromatic N) is 2. The third-order valence-electron chi connectivity index (χ3n) is 4.94. The van der Waals surface area contributed by atoms with Crippen LogP contribution in [0.3, 0.4) is 0 Å². The second-order valence-electron chi connectivity index (χ2n) is 6.76. The van der Waals surface area contributed by atoms with Crippen molar-refractivity contribution in [3.8, 4) is 11.1 Å². The number of amides is 1. The van der Waals surface area contributed by atoms with Crippen LogP contribution in [0.1, 0.15) is 16.1 Å². The number of rotatable bonds is 5. The summed E-state index contributed by atoms with van der Waals surface area (Å²) < 4.78 is 1.67. The molecule has 0 fully saturated rings. The number of nitro groups is 1. The molecule has 0 radical (unpaired) electrons. The third-order valence-corrected chi connectivity index (χ3v) is 4.94. The summed E-state index contributed by atoms with van der Waals surface area (Å²) in [6.07, 6.45) is 1.72. The number of hydrogen-bond donors (Lipinski definition) is 1. The minimum atomic E-state index is -0.861. The maximum absolute atomic E-state index is 13.2. The first-order chi connectivity index (χ1) is 14.5. The van der Waals surface area contributed by atoms with Crippen LogP contribution < -0.4 is 5.32 Å². The number of hydrogen-bond acceptors (Lipinski definition) is 4. The van der Waals surface area contributed by atoms with Gasteiger partial charge in [-0.15, -0.1) is 0 Å². The van der Waals surface area contributed by atoms with Crippen LogP contribution >= 0.6 is 0 Å². The van der Waals surface area contributed by atoms with E-state index < -0.39 is 16.6 Å². The minimum absolute atomic E-state index is 0.127. The number of pyridine rings is 1. The molecule has 7 heteroatoms. The van der Waals surface area contributed by atoms with E-state index in [0.717, 1.165) is 11.1 Å². The van der Waals surface area contributed by atoms with Crippen LogP contribution in [0.25, 0.3) is 16.6 Å². The summed E-state index contributed by atoms with van der Waals surface area (Å²) in [6, 6.07) is 21.0. The number of nitro benzene ring substituents is 1. The lowest BCUT2D eigenvalue weighted by molar-refractivity contribution is -0.385. The molecule has 0 aliphatic rings. The number of ketones is 1. The molecule has 2 aromatic heterocycles. The lowest BCUT2D eigenvalue weighted by atomic mass is 10.0. The third kappa shape index (κ3) is 3.33. The molecule has 0 atom stereocenters. The summed E-state index contributed by atoms with van der Waals surface area (Å²) in [5.41, 5.74) is 2.84. The van der Waals surface area contributed by atoms with E-state index in [4.69, 9.17) is 0 Å². The van der Waals surface area contributed by atoms with Gasteiger partial charge in [0.15, 0.2) is 0 Å². The zero-order valence-electron chi connectivity index (χ0n) is 16.0.